The summed E-state index contributed by atoms with van der Waals surface area (Å²) in [6.45, 7) is 6.99. The summed E-state index contributed by atoms with van der Waals surface area (Å²) in [6.07, 6.45) is 1.95. The van der Waals surface area contributed by atoms with Crippen LogP contribution in [0.3, 0.4) is 0 Å². The van der Waals surface area contributed by atoms with Crippen molar-refractivity contribution in [3.05, 3.63) is 23.3 Å². The molecule has 0 N–H and O–H groups in total. The van der Waals surface area contributed by atoms with Crippen molar-refractivity contribution in [1.29, 1.82) is 0 Å². The summed E-state index contributed by atoms with van der Waals surface area (Å²) in [4.78, 5) is 10.9. The molecule has 2 nitrogen and oxygen atoms in total. The van der Waals surface area contributed by atoms with Gasteiger partial charge in [0, 0.05) is 13.0 Å². The zero-order valence-corrected chi connectivity index (χ0v) is 11.6. The van der Waals surface area contributed by atoms with E-state index in [1.54, 1.807) is 13.8 Å². The highest BCUT2D eigenvalue weighted by molar-refractivity contribution is 5.75. The first kappa shape index (κ1) is 17.0. The predicted molar refractivity (Wildman–Crippen MR) is 68.6 cm³/mol. The number of Topliss-reactive ketones (excluding diaryl/α,β-unsaturated/α-hetero) is 1. The van der Waals surface area contributed by atoms with E-state index in [-0.39, 0.29) is 23.9 Å². The molecule has 104 valence electrons. The SMILES string of the molecule is C/C=C(F)\C(F)=C(/COCC)C(C)CCC(C)=O. The predicted octanol–water partition coefficient (Wildman–Crippen LogP) is 4.13. The molecular formula is C14H22F2O2. The van der Waals surface area contributed by atoms with Crippen molar-refractivity contribution < 1.29 is 18.3 Å². The lowest BCUT2D eigenvalue weighted by atomic mass is 9.94. The van der Waals surface area contributed by atoms with Crippen molar-refractivity contribution in [1.82, 2.24) is 0 Å². The van der Waals surface area contributed by atoms with Crippen molar-refractivity contribution >= 4 is 5.78 Å². The zero-order chi connectivity index (χ0) is 14.1. The molecule has 0 heterocycles. The van der Waals surface area contributed by atoms with E-state index in [1.807, 2.05) is 0 Å². The fraction of sp³-hybridized carbons (Fsp3) is 0.643. The summed E-state index contributed by atoms with van der Waals surface area (Å²) in [6, 6.07) is 0. The number of halogens is 2. The topological polar surface area (TPSA) is 26.3 Å². The minimum Gasteiger partial charge on any atom is -0.377 e. The molecule has 0 fully saturated rings. The van der Waals surface area contributed by atoms with Crippen LogP contribution < -0.4 is 0 Å². The first-order valence-corrected chi connectivity index (χ1v) is 6.21. The highest BCUT2D eigenvalue weighted by Gasteiger charge is 2.18. The third kappa shape index (κ3) is 6.05. The molecule has 0 aliphatic rings. The number of carbonyl (C=O) groups excluding carboxylic acids is 1. The van der Waals surface area contributed by atoms with E-state index >= 15 is 0 Å². The van der Waals surface area contributed by atoms with Crippen LogP contribution >= 0.6 is 0 Å². The van der Waals surface area contributed by atoms with Crippen molar-refractivity contribution in [2.45, 2.75) is 40.5 Å². The lowest BCUT2D eigenvalue weighted by Gasteiger charge is -2.16. The van der Waals surface area contributed by atoms with Gasteiger partial charge in [0.2, 0.25) is 0 Å². The monoisotopic (exact) mass is 260 g/mol. The minimum atomic E-state index is -0.876. The van der Waals surface area contributed by atoms with Gasteiger partial charge in [-0.1, -0.05) is 6.92 Å². The maximum atomic E-state index is 13.8. The van der Waals surface area contributed by atoms with Crippen LogP contribution in [0.4, 0.5) is 8.78 Å². The van der Waals surface area contributed by atoms with Crippen LogP contribution in [-0.2, 0) is 9.53 Å². The van der Waals surface area contributed by atoms with Crippen LogP contribution in [0.15, 0.2) is 23.3 Å². The molecule has 0 amide bonds. The molecule has 0 spiro atoms. The van der Waals surface area contributed by atoms with Crippen molar-refractivity contribution in [3.63, 3.8) is 0 Å². The molecule has 0 aliphatic heterocycles. The average Bonchev–Trinajstić information content (AvgIpc) is 2.35. The fourth-order valence-corrected chi connectivity index (χ4v) is 1.51. The number of ether oxygens (including phenoxy) is 1. The van der Waals surface area contributed by atoms with E-state index in [0.717, 1.165) is 6.08 Å². The van der Waals surface area contributed by atoms with Gasteiger partial charge >= 0.3 is 0 Å². The minimum absolute atomic E-state index is 0.0459. The summed E-state index contributed by atoms with van der Waals surface area (Å²) in [5.41, 5.74) is 0.286. The molecule has 0 rings (SSSR count). The van der Waals surface area contributed by atoms with Gasteiger partial charge in [0.1, 0.15) is 5.78 Å². The Labute approximate surface area is 108 Å². The molecular weight excluding hydrogens is 238 g/mol. The summed E-state index contributed by atoms with van der Waals surface area (Å²) in [5, 5.41) is 0. The first-order chi connectivity index (χ1) is 8.43. The molecule has 0 saturated carbocycles. The Morgan fingerprint density at radius 1 is 1.39 bits per heavy atom. The Bertz CT molecular complexity index is 333. The molecule has 0 radical (unpaired) electrons. The van der Waals surface area contributed by atoms with E-state index < -0.39 is 11.7 Å². The lowest BCUT2D eigenvalue weighted by molar-refractivity contribution is -0.117. The fourth-order valence-electron chi connectivity index (χ4n) is 1.51. The molecule has 0 aromatic rings. The van der Waals surface area contributed by atoms with E-state index in [4.69, 9.17) is 4.74 Å². The van der Waals surface area contributed by atoms with Gasteiger partial charge in [-0.3, -0.25) is 0 Å². The van der Waals surface area contributed by atoms with Crippen LogP contribution in [-0.4, -0.2) is 19.0 Å². The molecule has 0 aromatic carbocycles. The largest absolute Gasteiger partial charge is 0.377 e. The Morgan fingerprint density at radius 2 is 2.00 bits per heavy atom. The Kier molecular flexibility index (Phi) is 8.46. The maximum absolute atomic E-state index is 13.8. The molecule has 1 atom stereocenters. The first-order valence-electron chi connectivity index (χ1n) is 6.21. The van der Waals surface area contributed by atoms with E-state index in [1.165, 1.54) is 13.8 Å². The maximum Gasteiger partial charge on any atom is 0.160 e. The molecule has 0 bridgehead atoms. The van der Waals surface area contributed by atoms with Gasteiger partial charge in [0.05, 0.1) is 6.61 Å². The average molecular weight is 260 g/mol. The quantitative estimate of drug-likeness (QED) is 0.613. The smallest absolute Gasteiger partial charge is 0.160 e. The number of hydrogen-bond acceptors (Lipinski definition) is 2. The number of hydrogen-bond donors (Lipinski definition) is 0. The second-order valence-electron chi connectivity index (χ2n) is 4.25. The second kappa shape index (κ2) is 8.97. The molecule has 1 unspecified atom stereocenters. The molecule has 4 heteroatoms. The summed E-state index contributed by atoms with van der Waals surface area (Å²) in [7, 11) is 0. The molecule has 0 saturated heterocycles. The Morgan fingerprint density at radius 3 is 2.44 bits per heavy atom. The molecule has 0 aliphatic carbocycles. The lowest BCUT2D eigenvalue weighted by Crippen LogP contribution is -2.11. The highest BCUT2D eigenvalue weighted by atomic mass is 19.2. The van der Waals surface area contributed by atoms with E-state index in [2.05, 4.69) is 0 Å². The third-order valence-corrected chi connectivity index (χ3v) is 2.73. The zero-order valence-electron chi connectivity index (χ0n) is 11.6. The number of allylic oxidation sites excluding steroid dienone is 3. The third-order valence-electron chi connectivity index (χ3n) is 2.73. The second-order valence-corrected chi connectivity index (χ2v) is 4.25. The van der Waals surface area contributed by atoms with Crippen LogP contribution in [0.2, 0.25) is 0 Å². The van der Waals surface area contributed by atoms with Crippen LogP contribution in [0.5, 0.6) is 0 Å². The van der Waals surface area contributed by atoms with Crippen LogP contribution in [0.1, 0.15) is 40.5 Å². The number of ketones is 1. The Hall–Kier alpha value is -1.03. The highest BCUT2D eigenvalue weighted by Crippen LogP contribution is 2.26. The van der Waals surface area contributed by atoms with Gasteiger partial charge in [-0.05, 0) is 44.8 Å². The summed E-state index contributed by atoms with van der Waals surface area (Å²) < 4.78 is 32.3. The molecule has 0 aromatic heterocycles. The summed E-state index contributed by atoms with van der Waals surface area (Å²) >= 11 is 0. The van der Waals surface area contributed by atoms with Crippen molar-refractivity contribution in [2.75, 3.05) is 13.2 Å². The van der Waals surface area contributed by atoms with Crippen molar-refractivity contribution in [3.8, 4) is 0 Å². The number of carbonyl (C=O) groups is 1. The normalized spacial score (nSPS) is 15.3. The van der Waals surface area contributed by atoms with Crippen LogP contribution in [0.25, 0.3) is 0 Å². The van der Waals surface area contributed by atoms with E-state index in [9.17, 15) is 13.6 Å². The molecule has 18 heavy (non-hydrogen) atoms. The van der Waals surface area contributed by atoms with E-state index in [0.29, 0.717) is 19.4 Å². The van der Waals surface area contributed by atoms with Crippen LogP contribution in [0, 0.1) is 5.92 Å². The van der Waals surface area contributed by atoms with Gasteiger partial charge in [-0.15, -0.1) is 0 Å². The van der Waals surface area contributed by atoms with Gasteiger partial charge < -0.3 is 9.53 Å². The van der Waals surface area contributed by atoms with Gasteiger partial charge in [-0.25, -0.2) is 8.78 Å². The Balaban J connectivity index is 4.91. The van der Waals surface area contributed by atoms with Crippen molar-refractivity contribution in [2.24, 2.45) is 5.92 Å². The standard InChI is InChI=1S/C14H22F2O2/c1-5-13(15)14(16)12(9-18-6-2)10(3)7-8-11(4)17/h5,10H,6-9H2,1-4H3/b13-5+,14-12-. The van der Waals surface area contributed by atoms with Gasteiger partial charge in [0.25, 0.3) is 0 Å². The van der Waals surface area contributed by atoms with Gasteiger partial charge in [-0.2, -0.15) is 0 Å². The number of rotatable bonds is 8. The van der Waals surface area contributed by atoms with Gasteiger partial charge in [0.15, 0.2) is 11.7 Å². The summed E-state index contributed by atoms with van der Waals surface area (Å²) in [5.74, 6) is -1.91.